The van der Waals surface area contributed by atoms with Crippen molar-refractivity contribution in [2.75, 3.05) is 0 Å². The molecule has 6 saturated carbocycles. The number of hydrogen-bond acceptors (Lipinski definition) is 4. The number of aryl methyl sites for hydroxylation is 3. The second kappa shape index (κ2) is 5.46. The van der Waals surface area contributed by atoms with E-state index in [2.05, 4.69) is 0 Å². The van der Waals surface area contributed by atoms with Gasteiger partial charge in [0, 0.05) is 0 Å². The van der Waals surface area contributed by atoms with E-state index in [9.17, 15) is 18.4 Å². The molecule has 0 aromatic heterocycles. The van der Waals surface area contributed by atoms with E-state index >= 15 is 0 Å². The maximum atomic E-state index is 13.9. The Balaban J connectivity index is 1.40. The van der Waals surface area contributed by atoms with Crippen molar-refractivity contribution in [1.29, 1.82) is 0 Å². The summed E-state index contributed by atoms with van der Waals surface area (Å²) in [5.41, 5.74) is -0.960. The minimum absolute atomic E-state index is 0.205. The molecule has 0 heterocycles. The molecule has 0 unspecified atom stereocenters. The van der Waals surface area contributed by atoms with Crippen LogP contribution < -0.4 is 0 Å². The van der Waals surface area contributed by atoms with Gasteiger partial charge in [0.1, 0.15) is 0 Å². The van der Waals surface area contributed by atoms with Crippen molar-refractivity contribution in [2.24, 2.45) is 10.8 Å². The molecule has 0 saturated heterocycles. The molecule has 6 aliphatic carbocycles. The summed E-state index contributed by atoms with van der Waals surface area (Å²) < 4.78 is 40.1. The van der Waals surface area contributed by atoms with E-state index in [1.54, 1.807) is 0 Å². The van der Waals surface area contributed by atoms with Gasteiger partial charge in [-0.15, -0.1) is 0 Å². The van der Waals surface area contributed by atoms with E-state index < -0.39 is 54.8 Å². The predicted octanol–water partition coefficient (Wildman–Crippen LogP) is 4.99. The van der Waals surface area contributed by atoms with E-state index in [0.29, 0.717) is 0 Å². The standard InChI is InChI=1S/C21H23F2IO4/c1-12-4-13(2)15(14(3)5-12)24(27-16(25)18-6-20(22,7-18)8-18)28-17(26)19-9-21(23,10-19)11-19/h4-5H,6-11H2,1-3H3. The normalized spacial score (nSPS) is 39.5. The molecule has 0 spiro atoms. The van der Waals surface area contributed by atoms with E-state index in [0.717, 1.165) is 20.3 Å². The maximum absolute atomic E-state index is 13.9. The number of benzene rings is 1. The van der Waals surface area contributed by atoms with E-state index in [1.165, 1.54) is 0 Å². The molecule has 0 aliphatic heterocycles. The Morgan fingerprint density at radius 2 is 1.18 bits per heavy atom. The molecule has 1 aromatic carbocycles. The topological polar surface area (TPSA) is 52.6 Å². The molecular formula is C21H23F2IO4. The Labute approximate surface area is 170 Å². The van der Waals surface area contributed by atoms with Crippen molar-refractivity contribution in [3.63, 3.8) is 0 Å². The van der Waals surface area contributed by atoms with Gasteiger partial charge in [0.25, 0.3) is 0 Å². The molecule has 0 amide bonds. The van der Waals surface area contributed by atoms with Crippen LogP contribution in [-0.4, -0.2) is 23.3 Å². The monoisotopic (exact) mass is 504 g/mol. The number of hydrogen-bond donors (Lipinski definition) is 0. The average molecular weight is 504 g/mol. The molecule has 4 bridgehead atoms. The second-order valence-electron chi connectivity index (χ2n) is 9.58. The molecular weight excluding hydrogens is 481 g/mol. The number of carbonyl (C=O) groups is 2. The van der Waals surface area contributed by atoms with Crippen molar-refractivity contribution in [3.8, 4) is 0 Å². The van der Waals surface area contributed by atoms with Crippen LogP contribution in [0.2, 0.25) is 0 Å². The zero-order valence-electron chi connectivity index (χ0n) is 16.2. The molecule has 6 fully saturated rings. The zero-order valence-corrected chi connectivity index (χ0v) is 18.3. The summed E-state index contributed by atoms with van der Waals surface area (Å²) in [4.78, 5) is 25.6. The molecule has 1 aromatic rings. The summed E-state index contributed by atoms with van der Waals surface area (Å²) in [6.45, 7) is 5.80. The first-order valence-corrected chi connectivity index (χ1v) is 12.4. The first-order valence-electron chi connectivity index (χ1n) is 9.59. The summed E-state index contributed by atoms with van der Waals surface area (Å²) in [5.74, 6) is -0.882. The first-order chi connectivity index (χ1) is 13.0. The quantitative estimate of drug-likeness (QED) is 0.531. The molecule has 4 nitrogen and oxygen atoms in total. The van der Waals surface area contributed by atoms with Crippen LogP contribution in [0.1, 0.15) is 55.2 Å². The Hall–Kier alpha value is -1.25. The Bertz CT molecular complexity index is 818. The Kier molecular flexibility index (Phi) is 3.66. The fourth-order valence-corrected chi connectivity index (χ4v) is 9.44. The van der Waals surface area contributed by atoms with Gasteiger partial charge in [-0.1, -0.05) is 0 Å². The number of alkyl halides is 2. The van der Waals surface area contributed by atoms with Crippen molar-refractivity contribution in [3.05, 3.63) is 32.4 Å². The predicted molar refractivity (Wildman–Crippen MR) is 106 cm³/mol. The van der Waals surface area contributed by atoms with Gasteiger partial charge in [-0.25, -0.2) is 0 Å². The number of carbonyl (C=O) groups excluding carboxylic acids is 2. The zero-order chi connectivity index (χ0) is 20.1. The van der Waals surface area contributed by atoms with E-state index in [-0.39, 0.29) is 38.5 Å². The molecule has 0 atom stereocenters. The van der Waals surface area contributed by atoms with E-state index in [1.807, 2.05) is 32.9 Å². The van der Waals surface area contributed by atoms with Crippen LogP contribution in [0.15, 0.2) is 12.1 Å². The van der Waals surface area contributed by atoms with Gasteiger partial charge in [0.15, 0.2) is 0 Å². The van der Waals surface area contributed by atoms with Gasteiger partial charge in [0.2, 0.25) is 0 Å². The van der Waals surface area contributed by atoms with Gasteiger partial charge in [0.05, 0.1) is 0 Å². The molecule has 0 N–H and O–H groups in total. The van der Waals surface area contributed by atoms with Gasteiger partial charge >= 0.3 is 171 Å². The minimum atomic E-state index is -3.13. The van der Waals surface area contributed by atoms with Crippen LogP contribution in [0.3, 0.4) is 0 Å². The molecule has 6 aliphatic rings. The molecule has 0 radical (unpaired) electrons. The molecule has 152 valence electrons. The van der Waals surface area contributed by atoms with Crippen molar-refractivity contribution in [2.45, 2.75) is 70.6 Å². The third kappa shape index (κ3) is 2.50. The Morgan fingerprint density at radius 1 is 0.821 bits per heavy atom. The summed E-state index contributed by atoms with van der Waals surface area (Å²) in [5, 5.41) is 0. The van der Waals surface area contributed by atoms with Crippen LogP contribution in [-0.2, 0) is 15.7 Å². The number of halogens is 3. The van der Waals surface area contributed by atoms with Gasteiger partial charge in [-0.3, -0.25) is 0 Å². The van der Waals surface area contributed by atoms with Crippen molar-refractivity contribution in [1.82, 2.24) is 0 Å². The fraction of sp³-hybridized carbons (Fsp3) is 0.619. The van der Waals surface area contributed by atoms with Crippen molar-refractivity contribution >= 4 is 32.6 Å². The SMILES string of the molecule is Cc1cc(C)c(I(OC(=O)C23CC(F)(C2)C3)OC(=O)C23CC(F)(C2)C3)c(C)c1. The van der Waals surface area contributed by atoms with E-state index in [4.69, 9.17) is 6.13 Å². The van der Waals surface area contributed by atoms with Crippen LogP contribution in [0.4, 0.5) is 8.78 Å². The second-order valence-corrected chi connectivity index (χ2v) is 12.8. The first kappa shape index (κ1) is 18.8. The summed E-state index contributed by atoms with van der Waals surface area (Å²) in [7, 11) is 0. The van der Waals surface area contributed by atoms with Crippen LogP contribution in [0, 0.1) is 35.2 Å². The van der Waals surface area contributed by atoms with Crippen LogP contribution in [0.5, 0.6) is 0 Å². The Morgan fingerprint density at radius 3 is 1.50 bits per heavy atom. The summed E-state index contributed by atoms with van der Waals surface area (Å²) >= 11 is -3.13. The van der Waals surface area contributed by atoms with Crippen LogP contribution >= 0.6 is 20.6 Å². The number of rotatable bonds is 5. The molecule has 7 heteroatoms. The summed E-state index contributed by atoms with van der Waals surface area (Å²) in [6.07, 6.45) is 1.23. The van der Waals surface area contributed by atoms with Gasteiger partial charge < -0.3 is 0 Å². The van der Waals surface area contributed by atoms with Gasteiger partial charge in [-0.2, -0.15) is 0 Å². The average Bonchev–Trinajstić information content (AvgIpc) is 2.45. The van der Waals surface area contributed by atoms with Crippen LogP contribution in [0.25, 0.3) is 0 Å². The summed E-state index contributed by atoms with van der Waals surface area (Å²) in [6, 6.07) is 3.95. The third-order valence-corrected chi connectivity index (χ3v) is 11.0. The molecule has 28 heavy (non-hydrogen) atoms. The van der Waals surface area contributed by atoms with Crippen molar-refractivity contribution < 1.29 is 24.5 Å². The fourth-order valence-electron chi connectivity index (χ4n) is 5.55. The third-order valence-electron chi connectivity index (χ3n) is 6.81. The van der Waals surface area contributed by atoms with Gasteiger partial charge in [-0.05, 0) is 0 Å². The molecule has 7 rings (SSSR count).